The van der Waals surface area contributed by atoms with Crippen LogP contribution in [0.2, 0.25) is 0 Å². The van der Waals surface area contributed by atoms with Crippen molar-refractivity contribution in [2.75, 3.05) is 0 Å². The average molecular weight is 268 g/mol. The molecule has 112 valence electrons. The molecule has 0 radical (unpaired) electrons. The van der Waals surface area contributed by atoms with Crippen molar-refractivity contribution in [3.05, 3.63) is 0 Å². The van der Waals surface area contributed by atoms with Crippen molar-refractivity contribution in [1.29, 1.82) is 0 Å². The van der Waals surface area contributed by atoms with Crippen molar-refractivity contribution in [1.82, 2.24) is 5.32 Å². The predicted molar refractivity (Wildman–Crippen MR) is 81.0 cm³/mol. The Bertz CT molecular complexity index is 243. The van der Waals surface area contributed by atoms with Gasteiger partial charge in [0.2, 0.25) is 5.91 Å². The first-order chi connectivity index (χ1) is 9.25. The van der Waals surface area contributed by atoms with Crippen LogP contribution in [0, 0.1) is 0 Å². The van der Waals surface area contributed by atoms with Gasteiger partial charge >= 0.3 is 0 Å². The lowest BCUT2D eigenvalue weighted by Crippen LogP contribution is -2.20. The molecule has 1 fully saturated rings. The molecule has 3 N–H and O–H groups in total. The zero-order valence-corrected chi connectivity index (χ0v) is 12.6. The van der Waals surface area contributed by atoms with Gasteiger partial charge in [0, 0.05) is 6.04 Å². The maximum absolute atomic E-state index is 10.8. The van der Waals surface area contributed by atoms with E-state index in [2.05, 4.69) is 12.2 Å². The highest BCUT2D eigenvalue weighted by Gasteiger charge is 2.39. The minimum Gasteiger partial charge on any atom is -0.368 e. The van der Waals surface area contributed by atoms with Crippen LogP contribution < -0.4 is 11.1 Å². The Balaban J connectivity index is 1.71. The minimum atomic E-state index is -0.187. The van der Waals surface area contributed by atoms with Gasteiger partial charge in [0.1, 0.15) is 6.04 Å². The number of hydrogen-bond donors (Lipinski definition) is 2. The quantitative estimate of drug-likeness (QED) is 0.396. The standard InChI is InChI=1S/C16H32N2O/c1-2-3-4-5-6-7-8-9-10-11-12-13-14-15(18-14)16(17)19/h14-15,18H,2-13H2,1H3,(H2,17,19). The van der Waals surface area contributed by atoms with Gasteiger partial charge in [0.25, 0.3) is 0 Å². The molecule has 0 aliphatic carbocycles. The highest BCUT2D eigenvalue weighted by atomic mass is 16.1. The number of carbonyl (C=O) groups excluding carboxylic acids is 1. The minimum absolute atomic E-state index is 0.0249. The molecule has 0 spiro atoms. The highest BCUT2D eigenvalue weighted by molar-refractivity contribution is 5.83. The average Bonchev–Trinajstić information content (AvgIpc) is 3.16. The molecule has 0 bridgehead atoms. The Kier molecular flexibility index (Phi) is 8.89. The van der Waals surface area contributed by atoms with Crippen LogP contribution in [0.25, 0.3) is 0 Å². The second-order valence-corrected chi connectivity index (χ2v) is 5.98. The van der Waals surface area contributed by atoms with Crippen molar-refractivity contribution in [2.24, 2.45) is 5.73 Å². The number of hydrogen-bond acceptors (Lipinski definition) is 2. The van der Waals surface area contributed by atoms with Gasteiger partial charge in [-0.15, -0.1) is 0 Å². The van der Waals surface area contributed by atoms with E-state index >= 15 is 0 Å². The second-order valence-electron chi connectivity index (χ2n) is 5.98. The first-order valence-electron chi connectivity index (χ1n) is 8.31. The van der Waals surface area contributed by atoms with Crippen LogP contribution in [0.15, 0.2) is 0 Å². The Morgan fingerprint density at radius 2 is 1.37 bits per heavy atom. The molecule has 1 amide bonds. The van der Waals surface area contributed by atoms with E-state index in [1.807, 2.05) is 0 Å². The summed E-state index contributed by atoms with van der Waals surface area (Å²) in [5.41, 5.74) is 5.22. The summed E-state index contributed by atoms with van der Waals surface area (Å²) in [6.45, 7) is 2.27. The first kappa shape index (κ1) is 16.5. The summed E-state index contributed by atoms with van der Waals surface area (Å²) >= 11 is 0. The molecule has 0 aromatic rings. The van der Waals surface area contributed by atoms with Gasteiger partial charge in [-0.25, -0.2) is 0 Å². The number of nitrogens with two attached hydrogens (primary N) is 1. The zero-order chi connectivity index (χ0) is 13.9. The Labute approximate surface area is 118 Å². The Morgan fingerprint density at radius 3 is 1.79 bits per heavy atom. The fourth-order valence-electron chi connectivity index (χ4n) is 2.73. The molecule has 1 aliphatic rings. The number of rotatable bonds is 13. The smallest absolute Gasteiger partial charge is 0.236 e. The predicted octanol–water partition coefficient (Wildman–Crippen LogP) is 3.51. The van der Waals surface area contributed by atoms with Crippen LogP contribution in [0.5, 0.6) is 0 Å². The molecule has 3 heteroatoms. The summed E-state index contributed by atoms with van der Waals surface area (Å²) in [7, 11) is 0. The summed E-state index contributed by atoms with van der Waals surface area (Å²) in [4.78, 5) is 10.8. The highest BCUT2D eigenvalue weighted by Crippen LogP contribution is 2.18. The van der Waals surface area contributed by atoms with Gasteiger partial charge in [-0.1, -0.05) is 77.6 Å². The topological polar surface area (TPSA) is 65.0 Å². The number of nitrogens with one attached hydrogen (secondary N) is 1. The van der Waals surface area contributed by atoms with Crippen LogP contribution in [0.4, 0.5) is 0 Å². The molecule has 1 saturated heterocycles. The second kappa shape index (κ2) is 10.2. The van der Waals surface area contributed by atoms with Gasteiger partial charge in [-0.05, 0) is 6.42 Å². The molecule has 2 unspecified atom stereocenters. The van der Waals surface area contributed by atoms with Crippen molar-refractivity contribution < 1.29 is 4.79 Å². The molecule has 1 aliphatic heterocycles. The van der Waals surface area contributed by atoms with Crippen LogP contribution in [-0.4, -0.2) is 18.0 Å². The first-order valence-corrected chi connectivity index (χ1v) is 8.31. The van der Waals surface area contributed by atoms with Gasteiger partial charge in [-0.3, -0.25) is 10.1 Å². The SMILES string of the molecule is CCCCCCCCCCCCCC1NC1C(N)=O. The molecular formula is C16H32N2O. The maximum atomic E-state index is 10.8. The molecule has 0 aromatic carbocycles. The van der Waals surface area contributed by atoms with Gasteiger partial charge in [-0.2, -0.15) is 0 Å². The molecule has 19 heavy (non-hydrogen) atoms. The molecule has 1 rings (SSSR count). The van der Waals surface area contributed by atoms with E-state index in [-0.39, 0.29) is 11.9 Å². The summed E-state index contributed by atoms with van der Waals surface area (Å²) < 4.78 is 0. The third-order valence-electron chi connectivity index (χ3n) is 4.11. The van der Waals surface area contributed by atoms with Crippen molar-refractivity contribution >= 4 is 5.91 Å². The third kappa shape index (κ3) is 8.25. The van der Waals surface area contributed by atoms with Crippen LogP contribution >= 0.6 is 0 Å². The lowest BCUT2D eigenvalue weighted by molar-refractivity contribution is -0.117. The largest absolute Gasteiger partial charge is 0.368 e. The summed E-state index contributed by atoms with van der Waals surface area (Å²) in [6.07, 6.45) is 16.2. The lowest BCUT2D eigenvalue weighted by Gasteiger charge is -2.02. The lowest BCUT2D eigenvalue weighted by atomic mass is 10.0. The van der Waals surface area contributed by atoms with E-state index < -0.39 is 0 Å². The van der Waals surface area contributed by atoms with Crippen LogP contribution in [-0.2, 0) is 4.79 Å². The van der Waals surface area contributed by atoms with Crippen molar-refractivity contribution in [3.8, 4) is 0 Å². The fraction of sp³-hybridized carbons (Fsp3) is 0.938. The van der Waals surface area contributed by atoms with Crippen molar-refractivity contribution in [2.45, 2.75) is 96.1 Å². The fourth-order valence-corrected chi connectivity index (χ4v) is 2.73. The molecule has 3 nitrogen and oxygen atoms in total. The number of carbonyl (C=O) groups is 1. The number of unbranched alkanes of at least 4 members (excludes halogenated alkanes) is 10. The summed E-state index contributed by atoms with van der Waals surface area (Å²) in [5, 5.41) is 3.13. The molecule has 1 heterocycles. The molecule has 0 aromatic heterocycles. The Morgan fingerprint density at radius 1 is 0.895 bits per heavy atom. The Hall–Kier alpha value is -0.570. The van der Waals surface area contributed by atoms with Gasteiger partial charge < -0.3 is 5.73 Å². The maximum Gasteiger partial charge on any atom is 0.236 e. The van der Waals surface area contributed by atoms with E-state index in [1.54, 1.807) is 0 Å². The van der Waals surface area contributed by atoms with Crippen LogP contribution in [0.3, 0.4) is 0 Å². The number of primary amides is 1. The van der Waals surface area contributed by atoms with Gasteiger partial charge in [0.15, 0.2) is 0 Å². The molecule has 2 atom stereocenters. The monoisotopic (exact) mass is 268 g/mol. The summed E-state index contributed by atoms with van der Waals surface area (Å²) in [6, 6.07) is 0.360. The van der Waals surface area contributed by atoms with E-state index in [0.717, 1.165) is 6.42 Å². The van der Waals surface area contributed by atoms with E-state index in [1.165, 1.54) is 70.6 Å². The normalized spacial score (nSPS) is 21.5. The zero-order valence-electron chi connectivity index (χ0n) is 12.6. The summed E-state index contributed by atoms with van der Waals surface area (Å²) in [5.74, 6) is -0.187. The molecular weight excluding hydrogens is 236 g/mol. The number of amides is 1. The van der Waals surface area contributed by atoms with E-state index in [4.69, 9.17) is 5.73 Å². The van der Waals surface area contributed by atoms with E-state index in [0.29, 0.717) is 6.04 Å². The van der Waals surface area contributed by atoms with Gasteiger partial charge in [0.05, 0.1) is 0 Å². The van der Waals surface area contributed by atoms with Crippen molar-refractivity contribution in [3.63, 3.8) is 0 Å². The molecule has 0 saturated carbocycles. The van der Waals surface area contributed by atoms with Crippen LogP contribution in [0.1, 0.15) is 84.0 Å². The van der Waals surface area contributed by atoms with E-state index in [9.17, 15) is 4.79 Å². The third-order valence-corrected chi connectivity index (χ3v) is 4.11.